The summed E-state index contributed by atoms with van der Waals surface area (Å²) in [6.07, 6.45) is 0. The molecule has 0 saturated carbocycles. The molecule has 0 spiro atoms. The summed E-state index contributed by atoms with van der Waals surface area (Å²) in [6, 6.07) is 9.50. The van der Waals surface area contributed by atoms with Gasteiger partial charge in [0, 0.05) is 10.6 Å². The second-order valence-electron chi connectivity index (χ2n) is 4.49. The van der Waals surface area contributed by atoms with E-state index in [1.54, 1.807) is 25.3 Å². The standard InChI is InChI=1S/C15H16ClFN2O/c1-9-3-5-11(17)8-13(9)15(19-18)12-6-4-10(16)7-14(12)20-2/h3-8,15,19H,18H2,1-2H3. The Balaban J connectivity index is 2.55. The van der Waals surface area contributed by atoms with Crippen LogP contribution in [0.2, 0.25) is 5.02 Å². The van der Waals surface area contributed by atoms with E-state index in [1.807, 2.05) is 13.0 Å². The molecule has 0 heterocycles. The van der Waals surface area contributed by atoms with Crippen molar-refractivity contribution in [2.24, 2.45) is 5.84 Å². The Morgan fingerprint density at radius 1 is 1.20 bits per heavy atom. The number of aryl methyl sites for hydroxylation is 1. The van der Waals surface area contributed by atoms with E-state index < -0.39 is 0 Å². The van der Waals surface area contributed by atoms with Gasteiger partial charge in [-0.05, 0) is 42.3 Å². The molecule has 106 valence electrons. The van der Waals surface area contributed by atoms with Gasteiger partial charge >= 0.3 is 0 Å². The van der Waals surface area contributed by atoms with Crippen molar-refractivity contribution in [2.75, 3.05) is 7.11 Å². The molecule has 0 bridgehead atoms. The quantitative estimate of drug-likeness (QED) is 0.671. The smallest absolute Gasteiger partial charge is 0.125 e. The molecule has 0 aliphatic heterocycles. The van der Waals surface area contributed by atoms with Crippen LogP contribution in [-0.4, -0.2) is 7.11 Å². The molecule has 20 heavy (non-hydrogen) atoms. The summed E-state index contributed by atoms with van der Waals surface area (Å²) in [4.78, 5) is 0. The Kier molecular flexibility index (Phi) is 4.60. The topological polar surface area (TPSA) is 47.3 Å². The Labute approximate surface area is 122 Å². The molecule has 0 saturated heterocycles. The SMILES string of the molecule is COc1cc(Cl)ccc1C(NN)c1cc(F)ccc1C. The molecule has 1 unspecified atom stereocenters. The van der Waals surface area contributed by atoms with Gasteiger partial charge < -0.3 is 4.74 Å². The van der Waals surface area contributed by atoms with Crippen LogP contribution in [0.25, 0.3) is 0 Å². The van der Waals surface area contributed by atoms with Gasteiger partial charge in [0.15, 0.2) is 0 Å². The van der Waals surface area contributed by atoms with E-state index >= 15 is 0 Å². The first-order valence-electron chi connectivity index (χ1n) is 6.12. The molecular weight excluding hydrogens is 279 g/mol. The maximum Gasteiger partial charge on any atom is 0.125 e. The summed E-state index contributed by atoms with van der Waals surface area (Å²) in [5, 5.41) is 0.567. The van der Waals surface area contributed by atoms with E-state index in [-0.39, 0.29) is 11.9 Å². The number of nitrogens with two attached hydrogens (primary N) is 1. The largest absolute Gasteiger partial charge is 0.496 e. The number of methoxy groups -OCH3 is 1. The molecule has 2 aromatic rings. The van der Waals surface area contributed by atoms with Crippen LogP contribution in [0.3, 0.4) is 0 Å². The van der Waals surface area contributed by atoms with Crippen molar-refractivity contribution < 1.29 is 9.13 Å². The predicted octanol–water partition coefficient (Wildman–Crippen LogP) is 3.35. The highest BCUT2D eigenvalue weighted by molar-refractivity contribution is 6.30. The number of hydrogen-bond acceptors (Lipinski definition) is 3. The lowest BCUT2D eigenvalue weighted by atomic mass is 9.94. The van der Waals surface area contributed by atoms with Gasteiger partial charge in [-0.15, -0.1) is 0 Å². The minimum absolute atomic E-state index is 0.307. The van der Waals surface area contributed by atoms with Crippen molar-refractivity contribution in [1.82, 2.24) is 5.43 Å². The Morgan fingerprint density at radius 2 is 1.95 bits per heavy atom. The molecule has 0 amide bonds. The molecule has 5 heteroatoms. The summed E-state index contributed by atoms with van der Waals surface area (Å²) in [5.74, 6) is 5.95. The van der Waals surface area contributed by atoms with Crippen molar-refractivity contribution >= 4 is 11.6 Å². The lowest BCUT2D eigenvalue weighted by Gasteiger charge is -2.21. The first-order chi connectivity index (χ1) is 9.56. The fourth-order valence-electron chi connectivity index (χ4n) is 2.19. The lowest BCUT2D eigenvalue weighted by Crippen LogP contribution is -2.29. The molecule has 3 nitrogen and oxygen atoms in total. The minimum atomic E-state index is -0.377. The van der Waals surface area contributed by atoms with E-state index in [0.29, 0.717) is 10.8 Å². The number of hydrogen-bond donors (Lipinski definition) is 2. The number of rotatable bonds is 4. The zero-order valence-electron chi connectivity index (χ0n) is 11.3. The molecule has 1 atom stereocenters. The van der Waals surface area contributed by atoms with Crippen LogP contribution in [0.1, 0.15) is 22.7 Å². The second-order valence-corrected chi connectivity index (χ2v) is 4.92. The van der Waals surface area contributed by atoms with Crippen LogP contribution in [0.4, 0.5) is 4.39 Å². The Bertz CT molecular complexity index is 619. The van der Waals surface area contributed by atoms with Crippen LogP contribution in [0.5, 0.6) is 5.75 Å². The molecule has 0 fully saturated rings. The third-order valence-electron chi connectivity index (χ3n) is 3.23. The Morgan fingerprint density at radius 3 is 2.60 bits per heavy atom. The van der Waals surface area contributed by atoms with Gasteiger partial charge in [0.2, 0.25) is 0 Å². The molecule has 0 aromatic heterocycles. The van der Waals surface area contributed by atoms with Crippen molar-refractivity contribution in [3.63, 3.8) is 0 Å². The number of benzene rings is 2. The van der Waals surface area contributed by atoms with Gasteiger partial charge in [0.05, 0.1) is 13.2 Å². The first-order valence-corrected chi connectivity index (χ1v) is 6.50. The summed E-state index contributed by atoms with van der Waals surface area (Å²) in [7, 11) is 1.56. The van der Waals surface area contributed by atoms with Gasteiger partial charge in [-0.2, -0.15) is 0 Å². The normalized spacial score (nSPS) is 12.2. The van der Waals surface area contributed by atoms with Crippen molar-refractivity contribution in [3.8, 4) is 5.75 Å². The minimum Gasteiger partial charge on any atom is -0.496 e. The fraction of sp³-hybridized carbons (Fsp3) is 0.200. The van der Waals surface area contributed by atoms with Crippen LogP contribution in [0, 0.1) is 12.7 Å². The number of halogens is 2. The average Bonchev–Trinajstić information content (AvgIpc) is 2.44. The third kappa shape index (κ3) is 2.93. The molecule has 3 N–H and O–H groups in total. The van der Waals surface area contributed by atoms with E-state index in [1.165, 1.54) is 12.1 Å². The average molecular weight is 295 g/mol. The third-order valence-corrected chi connectivity index (χ3v) is 3.46. The van der Waals surface area contributed by atoms with Crippen molar-refractivity contribution in [2.45, 2.75) is 13.0 Å². The molecule has 0 aliphatic rings. The summed E-state index contributed by atoms with van der Waals surface area (Å²) in [5.41, 5.74) is 5.20. The Hall–Kier alpha value is -1.62. The van der Waals surface area contributed by atoms with Crippen molar-refractivity contribution in [3.05, 3.63) is 63.9 Å². The zero-order valence-corrected chi connectivity index (χ0v) is 12.0. The van der Waals surface area contributed by atoms with Gasteiger partial charge in [0.1, 0.15) is 11.6 Å². The van der Waals surface area contributed by atoms with E-state index in [0.717, 1.165) is 16.7 Å². The fourth-order valence-corrected chi connectivity index (χ4v) is 2.35. The van der Waals surface area contributed by atoms with Gasteiger partial charge in [-0.3, -0.25) is 5.84 Å². The van der Waals surface area contributed by atoms with Crippen LogP contribution >= 0.6 is 11.6 Å². The highest BCUT2D eigenvalue weighted by Gasteiger charge is 2.19. The van der Waals surface area contributed by atoms with Gasteiger partial charge in [-0.25, -0.2) is 9.82 Å². The molecule has 2 rings (SSSR count). The number of hydrazine groups is 1. The molecule has 2 aromatic carbocycles. The van der Waals surface area contributed by atoms with Crippen LogP contribution in [-0.2, 0) is 0 Å². The van der Waals surface area contributed by atoms with E-state index in [4.69, 9.17) is 22.2 Å². The molecular formula is C15H16ClFN2O. The summed E-state index contributed by atoms with van der Waals surface area (Å²) >= 11 is 5.95. The van der Waals surface area contributed by atoms with Crippen LogP contribution in [0.15, 0.2) is 36.4 Å². The lowest BCUT2D eigenvalue weighted by molar-refractivity contribution is 0.404. The predicted molar refractivity (Wildman–Crippen MR) is 78.3 cm³/mol. The number of ether oxygens (including phenoxy) is 1. The zero-order chi connectivity index (χ0) is 14.7. The number of nitrogens with one attached hydrogen (secondary N) is 1. The molecule has 0 aliphatic carbocycles. The first kappa shape index (κ1) is 14.8. The van der Waals surface area contributed by atoms with Crippen LogP contribution < -0.4 is 16.0 Å². The molecule has 0 radical (unpaired) electrons. The summed E-state index contributed by atoms with van der Waals surface area (Å²) < 4.78 is 18.8. The van der Waals surface area contributed by atoms with E-state index in [9.17, 15) is 4.39 Å². The highest BCUT2D eigenvalue weighted by atomic mass is 35.5. The van der Waals surface area contributed by atoms with Gasteiger partial charge in [0.25, 0.3) is 0 Å². The van der Waals surface area contributed by atoms with E-state index in [2.05, 4.69) is 5.43 Å². The highest BCUT2D eigenvalue weighted by Crippen LogP contribution is 2.33. The summed E-state index contributed by atoms with van der Waals surface area (Å²) in [6.45, 7) is 1.90. The monoisotopic (exact) mass is 294 g/mol. The maximum absolute atomic E-state index is 13.5. The van der Waals surface area contributed by atoms with Crippen molar-refractivity contribution in [1.29, 1.82) is 0 Å². The second kappa shape index (κ2) is 6.22. The maximum atomic E-state index is 13.5. The van der Waals surface area contributed by atoms with Gasteiger partial charge in [-0.1, -0.05) is 23.7 Å².